The number of hydrogen-bond acceptors (Lipinski definition) is 3. The monoisotopic (exact) mass is 259 g/mol. The average molecular weight is 259 g/mol. The van der Waals surface area contributed by atoms with Gasteiger partial charge in [-0.2, -0.15) is 0 Å². The van der Waals surface area contributed by atoms with E-state index in [-0.39, 0.29) is 11.7 Å². The number of benzene rings is 1. The highest BCUT2D eigenvalue weighted by atomic mass is 16.3. The Morgan fingerprint density at radius 1 is 1.32 bits per heavy atom. The summed E-state index contributed by atoms with van der Waals surface area (Å²) >= 11 is 0. The maximum absolute atomic E-state index is 12.2. The number of piperazine rings is 1. The summed E-state index contributed by atoms with van der Waals surface area (Å²) in [6, 6.07) is 5.16. The van der Waals surface area contributed by atoms with E-state index in [9.17, 15) is 9.90 Å². The topological polar surface area (TPSA) is 68.4 Å². The van der Waals surface area contributed by atoms with Crippen molar-refractivity contribution in [3.05, 3.63) is 30.0 Å². The molecule has 2 heterocycles. The van der Waals surface area contributed by atoms with E-state index in [1.807, 2.05) is 17.2 Å². The van der Waals surface area contributed by atoms with Gasteiger partial charge in [-0.1, -0.05) is 0 Å². The molecule has 1 aromatic heterocycles. The zero-order chi connectivity index (χ0) is 13.2. The van der Waals surface area contributed by atoms with Gasteiger partial charge in [0, 0.05) is 43.3 Å². The van der Waals surface area contributed by atoms with Crippen molar-refractivity contribution >= 4 is 16.8 Å². The van der Waals surface area contributed by atoms with Gasteiger partial charge in [0.05, 0.1) is 6.42 Å². The standard InChI is InChI=1S/C14H17N3O2/c18-11-1-2-13-12(8-11)10(9-16-13)7-14(19)17-5-3-15-4-6-17/h1-2,8-9,15-16,18H,3-7H2. The smallest absolute Gasteiger partial charge is 0.227 e. The second kappa shape index (κ2) is 4.93. The van der Waals surface area contributed by atoms with Crippen LogP contribution in [0, 0.1) is 0 Å². The second-order valence-electron chi connectivity index (χ2n) is 4.85. The van der Waals surface area contributed by atoms with Crippen LogP contribution in [0.4, 0.5) is 0 Å². The number of nitrogens with zero attached hydrogens (tertiary/aromatic N) is 1. The first-order valence-electron chi connectivity index (χ1n) is 6.51. The van der Waals surface area contributed by atoms with Crippen molar-refractivity contribution in [3.63, 3.8) is 0 Å². The normalized spacial score (nSPS) is 15.9. The molecule has 5 nitrogen and oxygen atoms in total. The molecule has 0 bridgehead atoms. The van der Waals surface area contributed by atoms with Gasteiger partial charge in [0.1, 0.15) is 5.75 Å². The first kappa shape index (κ1) is 12.0. The Morgan fingerprint density at radius 2 is 2.11 bits per heavy atom. The van der Waals surface area contributed by atoms with E-state index < -0.39 is 0 Å². The van der Waals surface area contributed by atoms with E-state index in [0.717, 1.165) is 42.6 Å². The van der Waals surface area contributed by atoms with Gasteiger partial charge in [0.25, 0.3) is 0 Å². The Bertz CT molecular complexity index is 600. The second-order valence-corrected chi connectivity index (χ2v) is 4.85. The van der Waals surface area contributed by atoms with Gasteiger partial charge in [-0.05, 0) is 23.8 Å². The Morgan fingerprint density at radius 3 is 2.89 bits per heavy atom. The molecule has 100 valence electrons. The number of aromatic amines is 1. The van der Waals surface area contributed by atoms with Crippen LogP contribution in [0.1, 0.15) is 5.56 Å². The van der Waals surface area contributed by atoms with Gasteiger partial charge >= 0.3 is 0 Å². The number of phenolic OH excluding ortho intramolecular Hbond substituents is 1. The number of phenols is 1. The average Bonchev–Trinajstić information content (AvgIpc) is 2.82. The predicted molar refractivity (Wildman–Crippen MR) is 73.1 cm³/mol. The number of rotatable bonds is 2. The largest absolute Gasteiger partial charge is 0.508 e. The quantitative estimate of drug-likeness (QED) is 0.749. The van der Waals surface area contributed by atoms with Crippen molar-refractivity contribution in [1.82, 2.24) is 15.2 Å². The summed E-state index contributed by atoms with van der Waals surface area (Å²) in [6.45, 7) is 3.26. The van der Waals surface area contributed by atoms with Crippen molar-refractivity contribution < 1.29 is 9.90 Å². The molecule has 0 spiro atoms. The van der Waals surface area contributed by atoms with E-state index in [1.165, 1.54) is 0 Å². The summed E-state index contributed by atoms with van der Waals surface area (Å²) in [6.07, 6.45) is 2.23. The Labute approximate surface area is 111 Å². The third kappa shape index (κ3) is 2.42. The van der Waals surface area contributed by atoms with Gasteiger partial charge in [-0.15, -0.1) is 0 Å². The number of amides is 1. The molecule has 5 heteroatoms. The van der Waals surface area contributed by atoms with Crippen LogP contribution in [0.3, 0.4) is 0 Å². The molecule has 1 aliphatic heterocycles. The fraction of sp³-hybridized carbons (Fsp3) is 0.357. The lowest BCUT2D eigenvalue weighted by molar-refractivity contribution is -0.131. The van der Waals surface area contributed by atoms with Gasteiger partial charge in [-0.25, -0.2) is 0 Å². The fourth-order valence-corrected chi connectivity index (χ4v) is 2.50. The number of hydrogen-bond donors (Lipinski definition) is 3. The van der Waals surface area contributed by atoms with Crippen molar-refractivity contribution in [2.75, 3.05) is 26.2 Å². The van der Waals surface area contributed by atoms with Gasteiger partial charge in [0.2, 0.25) is 5.91 Å². The van der Waals surface area contributed by atoms with Crippen LogP contribution in [0.25, 0.3) is 10.9 Å². The number of carbonyl (C=O) groups is 1. The maximum Gasteiger partial charge on any atom is 0.227 e. The van der Waals surface area contributed by atoms with E-state index in [2.05, 4.69) is 10.3 Å². The lowest BCUT2D eigenvalue weighted by Gasteiger charge is -2.27. The molecule has 3 N–H and O–H groups in total. The lowest BCUT2D eigenvalue weighted by atomic mass is 10.1. The van der Waals surface area contributed by atoms with Crippen LogP contribution in [0.15, 0.2) is 24.4 Å². The number of carbonyl (C=O) groups excluding carboxylic acids is 1. The van der Waals surface area contributed by atoms with E-state index in [0.29, 0.717) is 6.42 Å². The summed E-state index contributed by atoms with van der Waals surface area (Å²) in [7, 11) is 0. The minimum Gasteiger partial charge on any atom is -0.508 e. The predicted octanol–water partition coefficient (Wildman–Crippen LogP) is 0.848. The van der Waals surface area contributed by atoms with Gasteiger partial charge in [-0.3, -0.25) is 4.79 Å². The van der Waals surface area contributed by atoms with E-state index in [4.69, 9.17) is 0 Å². The van der Waals surface area contributed by atoms with E-state index >= 15 is 0 Å². The highest BCUT2D eigenvalue weighted by molar-refractivity contribution is 5.89. The van der Waals surface area contributed by atoms with Crippen molar-refractivity contribution in [2.24, 2.45) is 0 Å². The first-order valence-corrected chi connectivity index (χ1v) is 6.51. The Hall–Kier alpha value is -2.01. The van der Waals surface area contributed by atoms with Crippen LogP contribution in [0.5, 0.6) is 5.75 Å². The first-order chi connectivity index (χ1) is 9.24. The van der Waals surface area contributed by atoms with Crippen LogP contribution in [-0.4, -0.2) is 47.1 Å². The summed E-state index contributed by atoms with van der Waals surface area (Å²) in [4.78, 5) is 17.2. The number of nitrogens with one attached hydrogen (secondary N) is 2. The molecule has 1 saturated heterocycles. The summed E-state index contributed by atoms with van der Waals surface area (Å²) < 4.78 is 0. The highest BCUT2D eigenvalue weighted by Gasteiger charge is 2.17. The zero-order valence-corrected chi connectivity index (χ0v) is 10.6. The molecule has 1 aliphatic rings. The molecule has 1 amide bonds. The van der Waals surface area contributed by atoms with Crippen molar-refractivity contribution in [2.45, 2.75) is 6.42 Å². The minimum absolute atomic E-state index is 0.144. The number of fused-ring (bicyclic) bond motifs is 1. The molecule has 0 unspecified atom stereocenters. The van der Waals surface area contributed by atoms with Gasteiger partial charge < -0.3 is 20.3 Å². The Balaban J connectivity index is 1.80. The number of aromatic hydroxyl groups is 1. The molecule has 0 aliphatic carbocycles. The van der Waals surface area contributed by atoms with E-state index in [1.54, 1.807) is 12.1 Å². The lowest BCUT2D eigenvalue weighted by Crippen LogP contribution is -2.46. The minimum atomic E-state index is 0.144. The highest BCUT2D eigenvalue weighted by Crippen LogP contribution is 2.23. The molecular weight excluding hydrogens is 242 g/mol. The van der Waals surface area contributed by atoms with Crippen LogP contribution < -0.4 is 5.32 Å². The summed E-state index contributed by atoms with van der Waals surface area (Å²) in [5.74, 6) is 0.369. The zero-order valence-electron chi connectivity index (χ0n) is 10.6. The number of H-pyrrole nitrogens is 1. The van der Waals surface area contributed by atoms with Crippen molar-refractivity contribution in [3.8, 4) is 5.75 Å². The molecule has 0 radical (unpaired) electrons. The molecule has 19 heavy (non-hydrogen) atoms. The molecule has 2 aromatic rings. The number of aromatic nitrogens is 1. The summed E-state index contributed by atoms with van der Waals surface area (Å²) in [5.41, 5.74) is 1.88. The molecule has 0 saturated carbocycles. The third-order valence-corrected chi connectivity index (χ3v) is 3.56. The molecule has 1 aromatic carbocycles. The van der Waals surface area contributed by atoms with Crippen LogP contribution in [-0.2, 0) is 11.2 Å². The van der Waals surface area contributed by atoms with Crippen LogP contribution >= 0.6 is 0 Å². The van der Waals surface area contributed by atoms with Crippen molar-refractivity contribution in [1.29, 1.82) is 0 Å². The fourth-order valence-electron chi connectivity index (χ4n) is 2.50. The molecule has 3 rings (SSSR count). The summed E-state index contributed by atoms with van der Waals surface area (Å²) in [5, 5.41) is 13.7. The maximum atomic E-state index is 12.2. The molecule has 1 fully saturated rings. The third-order valence-electron chi connectivity index (χ3n) is 3.56. The molecular formula is C14H17N3O2. The Kier molecular flexibility index (Phi) is 3.13. The SMILES string of the molecule is O=C(Cc1c[nH]c2ccc(O)cc12)N1CCNCC1. The van der Waals surface area contributed by atoms with Crippen LogP contribution in [0.2, 0.25) is 0 Å². The molecule has 0 atom stereocenters. The van der Waals surface area contributed by atoms with Gasteiger partial charge in [0.15, 0.2) is 0 Å².